The van der Waals surface area contributed by atoms with Crippen LogP contribution in [0.25, 0.3) is 0 Å². The van der Waals surface area contributed by atoms with E-state index in [1.165, 1.54) is 23.3 Å². The summed E-state index contributed by atoms with van der Waals surface area (Å²) in [5, 5.41) is 9.30. The average Bonchev–Trinajstić information content (AvgIpc) is 3.77. The molecule has 2 aromatic rings. The van der Waals surface area contributed by atoms with Crippen molar-refractivity contribution >= 4 is 23.2 Å². The van der Waals surface area contributed by atoms with Crippen LogP contribution in [0.4, 0.5) is 24.5 Å². The van der Waals surface area contributed by atoms with E-state index < -0.39 is 17.6 Å². The molecule has 5 nitrogen and oxygen atoms in total. The number of nitrogens with one attached hydrogen (secondary N) is 3. The first-order valence-electron chi connectivity index (χ1n) is 14.0. The zero-order chi connectivity index (χ0) is 29.3. The quantitative estimate of drug-likeness (QED) is 0.323. The van der Waals surface area contributed by atoms with E-state index in [1.54, 1.807) is 18.2 Å². The Bertz CT molecular complexity index is 1510. The number of hydrogen-bond acceptors (Lipinski definition) is 3. The summed E-state index contributed by atoms with van der Waals surface area (Å²) in [6.45, 7) is 6.20. The largest absolute Gasteiger partial charge is 0.416 e. The number of amides is 2. The van der Waals surface area contributed by atoms with E-state index in [1.807, 2.05) is 13.0 Å². The molecule has 1 fully saturated rings. The molecule has 2 aromatic carbocycles. The highest BCUT2D eigenvalue weighted by Gasteiger charge is 2.32. The van der Waals surface area contributed by atoms with Crippen LogP contribution in [0, 0.1) is 12.8 Å². The first kappa shape index (κ1) is 28.5. The Morgan fingerprint density at radius 2 is 1.80 bits per heavy atom. The van der Waals surface area contributed by atoms with Crippen molar-refractivity contribution in [3.05, 3.63) is 105 Å². The van der Waals surface area contributed by atoms with E-state index in [0.717, 1.165) is 54.6 Å². The van der Waals surface area contributed by atoms with Crippen molar-refractivity contribution in [1.29, 1.82) is 0 Å². The lowest BCUT2D eigenvalue weighted by Crippen LogP contribution is -2.26. The highest BCUT2D eigenvalue weighted by Crippen LogP contribution is 2.39. The number of carbonyl (C=O) groups excluding carboxylic acids is 2. The van der Waals surface area contributed by atoms with Gasteiger partial charge in [-0.2, -0.15) is 13.2 Å². The van der Waals surface area contributed by atoms with E-state index in [0.29, 0.717) is 35.3 Å². The molecular weight excluding hydrogens is 527 g/mol. The Hall–Kier alpha value is -4.07. The van der Waals surface area contributed by atoms with Gasteiger partial charge >= 0.3 is 6.18 Å². The van der Waals surface area contributed by atoms with Gasteiger partial charge in [-0.15, -0.1) is 0 Å². The number of benzene rings is 2. The summed E-state index contributed by atoms with van der Waals surface area (Å²) >= 11 is 0. The van der Waals surface area contributed by atoms with E-state index in [2.05, 4.69) is 41.9 Å². The zero-order valence-corrected chi connectivity index (χ0v) is 23.4. The molecule has 8 heteroatoms. The standard InChI is InChI=1S/C33H34F3N3O2/c1-4-21-10-15-27(30(37-24-12-13-24)26-14-8-19(2)16-28(21)26)32(41)39-29-18-25(11-9-20(29)3)38-31(40)22-6-5-7-23(17-22)33(34,35)36/h5-9,11,14-15,17-19,24,37H,4,10,12-13,16H2,1-3H3,(H,38,40)(H,39,41). The molecule has 3 aliphatic rings. The molecule has 41 heavy (non-hydrogen) atoms. The molecular formula is C33H34F3N3O2. The second kappa shape index (κ2) is 11.4. The fraction of sp³-hybridized carbons (Fsp3) is 0.333. The van der Waals surface area contributed by atoms with Crippen molar-refractivity contribution in [2.45, 2.75) is 65.1 Å². The lowest BCUT2D eigenvalue weighted by molar-refractivity contribution is -0.137. The summed E-state index contributed by atoms with van der Waals surface area (Å²) in [6.07, 6.45) is 6.48. The Morgan fingerprint density at radius 3 is 2.51 bits per heavy atom. The number of fused-ring (bicyclic) bond motifs is 1. The number of aryl methyl sites for hydroxylation is 1. The third-order valence-electron chi connectivity index (χ3n) is 7.75. The molecule has 0 spiro atoms. The fourth-order valence-corrected chi connectivity index (χ4v) is 5.24. The van der Waals surface area contributed by atoms with Crippen LogP contribution in [0.15, 0.2) is 88.7 Å². The van der Waals surface area contributed by atoms with Gasteiger partial charge in [-0.05, 0) is 86.4 Å². The molecule has 3 N–H and O–H groups in total. The number of carbonyl (C=O) groups is 2. The average molecular weight is 562 g/mol. The molecule has 1 unspecified atom stereocenters. The van der Waals surface area contributed by atoms with E-state index in [9.17, 15) is 22.8 Å². The van der Waals surface area contributed by atoms with E-state index >= 15 is 0 Å². The summed E-state index contributed by atoms with van der Waals surface area (Å²) in [5.41, 5.74) is 5.84. The third-order valence-corrected chi connectivity index (χ3v) is 7.75. The van der Waals surface area contributed by atoms with Crippen LogP contribution in [0.2, 0.25) is 0 Å². The third kappa shape index (κ3) is 6.47. The van der Waals surface area contributed by atoms with Crippen molar-refractivity contribution < 1.29 is 22.8 Å². The minimum Gasteiger partial charge on any atom is -0.381 e. The van der Waals surface area contributed by atoms with Crippen molar-refractivity contribution in [2.75, 3.05) is 10.6 Å². The molecule has 5 rings (SSSR count). The van der Waals surface area contributed by atoms with Crippen LogP contribution >= 0.6 is 0 Å². The second-order valence-corrected chi connectivity index (χ2v) is 11.0. The van der Waals surface area contributed by atoms with Gasteiger partial charge < -0.3 is 16.0 Å². The highest BCUT2D eigenvalue weighted by molar-refractivity contribution is 6.09. The van der Waals surface area contributed by atoms with Crippen LogP contribution in [0.1, 0.15) is 67.4 Å². The van der Waals surface area contributed by atoms with Gasteiger partial charge in [-0.1, -0.05) is 49.8 Å². The maximum absolute atomic E-state index is 13.8. The Morgan fingerprint density at radius 1 is 1.02 bits per heavy atom. The Labute approximate surface area is 238 Å². The smallest absolute Gasteiger partial charge is 0.381 e. The molecule has 1 saturated carbocycles. The van der Waals surface area contributed by atoms with Gasteiger partial charge in [0.05, 0.1) is 16.8 Å². The Kier molecular flexibility index (Phi) is 7.93. The van der Waals surface area contributed by atoms with Crippen LogP contribution in [-0.4, -0.2) is 17.9 Å². The maximum Gasteiger partial charge on any atom is 0.416 e. The maximum atomic E-state index is 13.8. The molecule has 0 aromatic heterocycles. The fourth-order valence-electron chi connectivity index (χ4n) is 5.24. The number of hydrogen-bond donors (Lipinski definition) is 3. The van der Waals surface area contributed by atoms with Crippen molar-refractivity contribution in [3.63, 3.8) is 0 Å². The van der Waals surface area contributed by atoms with Crippen LogP contribution in [0.5, 0.6) is 0 Å². The topological polar surface area (TPSA) is 70.2 Å². The molecule has 0 radical (unpaired) electrons. The Balaban J connectivity index is 1.40. The van der Waals surface area contributed by atoms with E-state index in [4.69, 9.17) is 0 Å². The lowest BCUT2D eigenvalue weighted by atomic mass is 9.84. The summed E-state index contributed by atoms with van der Waals surface area (Å²) in [7, 11) is 0. The normalized spacial score (nSPS) is 18.9. The zero-order valence-electron chi connectivity index (χ0n) is 23.4. The summed E-state index contributed by atoms with van der Waals surface area (Å²) in [4.78, 5) is 26.6. The predicted octanol–water partition coefficient (Wildman–Crippen LogP) is 7.84. The van der Waals surface area contributed by atoms with Gasteiger partial charge in [-0.3, -0.25) is 9.59 Å². The molecule has 2 amide bonds. The van der Waals surface area contributed by atoms with Crippen LogP contribution in [0.3, 0.4) is 0 Å². The van der Waals surface area contributed by atoms with Crippen LogP contribution < -0.4 is 16.0 Å². The van der Waals surface area contributed by atoms with Gasteiger partial charge in [0.1, 0.15) is 0 Å². The number of anilines is 2. The first-order chi connectivity index (χ1) is 19.5. The van der Waals surface area contributed by atoms with Gasteiger partial charge in [-0.25, -0.2) is 0 Å². The van der Waals surface area contributed by atoms with E-state index in [-0.39, 0.29) is 11.5 Å². The molecule has 0 saturated heterocycles. The van der Waals surface area contributed by atoms with Gasteiger partial charge in [0.15, 0.2) is 0 Å². The van der Waals surface area contributed by atoms with Gasteiger partial charge in [0.25, 0.3) is 11.8 Å². The molecule has 0 heterocycles. The predicted molar refractivity (Wildman–Crippen MR) is 155 cm³/mol. The van der Waals surface area contributed by atoms with Gasteiger partial charge in [0, 0.05) is 28.6 Å². The lowest BCUT2D eigenvalue weighted by Gasteiger charge is -2.24. The molecule has 0 bridgehead atoms. The number of halogens is 3. The van der Waals surface area contributed by atoms with Gasteiger partial charge in [0.2, 0.25) is 0 Å². The second-order valence-electron chi connectivity index (χ2n) is 11.0. The van der Waals surface area contributed by atoms with Crippen molar-refractivity contribution in [1.82, 2.24) is 5.32 Å². The summed E-state index contributed by atoms with van der Waals surface area (Å²) in [6, 6.07) is 9.65. The minimum atomic E-state index is -4.55. The highest BCUT2D eigenvalue weighted by atomic mass is 19.4. The summed E-state index contributed by atoms with van der Waals surface area (Å²) < 4.78 is 39.4. The molecule has 214 valence electrons. The molecule has 1 atom stereocenters. The molecule has 0 aliphatic heterocycles. The number of allylic oxidation sites excluding steroid dienone is 6. The SMILES string of the molecule is CCC1=C2CC(C)C=CC2=C(NC2CC2)C(C(=O)Nc2cc(NC(=O)c3cccc(C(F)(F)F)c3)ccc2C)=CC1. The van der Waals surface area contributed by atoms with Crippen molar-refractivity contribution in [3.8, 4) is 0 Å². The van der Waals surface area contributed by atoms with Crippen molar-refractivity contribution in [2.24, 2.45) is 5.92 Å². The minimum absolute atomic E-state index is 0.109. The summed E-state index contributed by atoms with van der Waals surface area (Å²) in [5.74, 6) is -0.494. The van der Waals surface area contributed by atoms with Crippen LogP contribution in [-0.2, 0) is 11.0 Å². The monoisotopic (exact) mass is 561 g/mol. The number of alkyl halides is 3. The molecule has 3 aliphatic carbocycles. The number of rotatable bonds is 7. The first-order valence-corrected chi connectivity index (χ1v) is 14.0.